The van der Waals surface area contributed by atoms with E-state index in [1.165, 1.54) is 18.9 Å². The molecular weight excluding hydrogens is 266 g/mol. The molecule has 1 aliphatic carbocycles. The van der Waals surface area contributed by atoms with Gasteiger partial charge in [-0.3, -0.25) is 0 Å². The van der Waals surface area contributed by atoms with Crippen LogP contribution in [0.5, 0.6) is 0 Å². The van der Waals surface area contributed by atoms with Gasteiger partial charge in [0.1, 0.15) is 4.99 Å². The van der Waals surface area contributed by atoms with E-state index < -0.39 is 11.6 Å². The summed E-state index contributed by atoms with van der Waals surface area (Å²) in [6, 6.07) is 3.04. The van der Waals surface area contributed by atoms with E-state index in [1.54, 1.807) is 6.07 Å². The van der Waals surface area contributed by atoms with Crippen molar-refractivity contribution in [1.82, 2.24) is 0 Å². The van der Waals surface area contributed by atoms with Crippen LogP contribution in [-0.2, 0) is 0 Å². The van der Waals surface area contributed by atoms with Gasteiger partial charge in [-0.2, -0.15) is 0 Å². The molecule has 0 atom stereocenters. The van der Waals surface area contributed by atoms with Crippen molar-refractivity contribution >= 4 is 22.9 Å². The molecule has 0 spiro atoms. The molecule has 1 aromatic rings. The van der Waals surface area contributed by atoms with Crippen molar-refractivity contribution < 1.29 is 8.78 Å². The van der Waals surface area contributed by atoms with Gasteiger partial charge in [-0.15, -0.1) is 0 Å². The fourth-order valence-corrected chi connectivity index (χ4v) is 2.32. The van der Waals surface area contributed by atoms with E-state index in [0.29, 0.717) is 11.6 Å². The molecule has 2 nitrogen and oxygen atoms in total. The number of nitrogens with zero attached hydrogens (tertiary/aromatic N) is 1. The third kappa shape index (κ3) is 3.21. The topological polar surface area (TPSA) is 29.3 Å². The van der Waals surface area contributed by atoms with Crippen molar-refractivity contribution in [3.63, 3.8) is 0 Å². The number of anilines is 1. The number of benzene rings is 1. The lowest BCUT2D eigenvalue weighted by Crippen LogP contribution is -2.28. The molecule has 0 amide bonds. The maximum Gasteiger partial charge on any atom is 0.182 e. The first kappa shape index (κ1) is 14.2. The summed E-state index contributed by atoms with van der Waals surface area (Å²) in [7, 11) is 0. The van der Waals surface area contributed by atoms with Gasteiger partial charge in [0.05, 0.1) is 5.69 Å². The highest BCUT2D eigenvalue weighted by atomic mass is 32.1. The molecule has 0 aromatic heterocycles. The highest BCUT2D eigenvalue weighted by Gasteiger charge is 2.26. The Kier molecular flexibility index (Phi) is 4.34. The summed E-state index contributed by atoms with van der Waals surface area (Å²) in [4.78, 5) is 1.80. The molecule has 0 heterocycles. The number of nitrogens with two attached hydrogens (primary N) is 1. The second-order valence-electron chi connectivity index (χ2n) is 5.01. The van der Waals surface area contributed by atoms with Crippen LogP contribution in [0.15, 0.2) is 12.1 Å². The van der Waals surface area contributed by atoms with E-state index >= 15 is 0 Å². The fourth-order valence-electron chi connectivity index (χ4n) is 2.17. The predicted molar refractivity (Wildman–Crippen MR) is 77.5 cm³/mol. The van der Waals surface area contributed by atoms with E-state index in [4.69, 9.17) is 18.0 Å². The molecule has 1 saturated carbocycles. The van der Waals surface area contributed by atoms with Gasteiger partial charge < -0.3 is 10.6 Å². The molecule has 2 rings (SSSR count). The first-order valence-corrected chi connectivity index (χ1v) is 6.98. The lowest BCUT2D eigenvalue weighted by molar-refractivity contribution is 0.503. The third-order valence-corrected chi connectivity index (χ3v) is 3.56. The number of hydrogen-bond acceptors (Lipinski definition) is 2. The van der Waals surface area contributed by atoms with Crippen LogP contribution in [0.3, 0.4) is 0 Å². The minimum absolute atomic E-state index is 0.0286. The SMILES string of the molecule is CCCN(CC1CC1)c1ccc(C(N)=S)c(F)c1F. The quantitative estimate of drug-likeness (QED) is 0.813. The van der Waals surface area contributed by atoms with Crippen LogP contribution < -0.4 is 10.6 Å². The van der Waals surface area contributed by atoms with Gasteiger partial charge >= 0.3 is 0 Å². The van der Waals surface area contributed by atoms with Gasteiger partial charge in [0.25, 0.3) is 0 Å². The first-order chi connectivity index (χ1) is 9.04. The number of halogens is 2. The average Bonchev–Trinajstić information content (AvgIpc) is 3.15. The van der Waals surface area contributed by atoms with Gasteiger partial charge in [0.15, 0.2) is 11.6 Å². The maximum atomic E-state index is 14.1. The summed E-state index contributed by atoms with van der Waals surface area (Å²) in [6.07, 6.45) is 3.25. The van der Waals surface area contributed by atoms with Gasteiger partial charge in [-0.1, -0.05) is 19.1 Å². The van der Waals surface area contributed by atoms with E-state index in [9.17, 15) is 8.78 Å². The van der Waals surface area contributed by atoms with E-state index in [1.807, 2.05) is 11.8 Å². The Labute approximate surface area is 117 Å². The number of rotatable bonds is 6. The minimum Gasteiger partial charge on any atom is -0.389 e. The fraction of sp³-hybridized carbons (Fsp3) is 0.500. The molecule has 1 aliphatic rings. The second kappa shape index (κ2) is 5.82. The zero-order valence-corrected chi connectivity index (χ0v) is 11.8. The van der Waals surface area contributed by atoms with Gasteiger partial charge in [-0.25, -0.2) is 8.78 Å². The van der Waals surface area contributed by atoms with Crippen LogP contribution in [0.1, 0.15) is 31.7 Å². The van der Waals surface area contributed by atoms with E-state index in [-0.39, 0.29) is 10.6 Å². The van der Waals surface area contributed by atoms with E-state index in [0.717, 1.165) is 19.5 Å². The Morgan fingerprint density at radius 2 is 2.05 bits per heavy atom. The highest BCUT2D eigenvalue weighted by Crippen LogP contribution is 2.33. The van der Waals surface area contributed by atoms with Crippen LogP contribution in [0.2, 0.25) is 0 Å². The monoisotopic (exact) mass is 284 g/mol. The lowest BCUT2D eigenvalue weighted by Gasteiger charge is -2.25. The minimum atomic E-state index is -0.943. The van der Waals surface area contributed by atoms with Crippen molar-refractivity contribution in [3.8, 4) is 0 Å². The largest absolute Gasteiger partial charge is 0.389 e. The van der Waals surface area contributed by atoms with Crippen LogP contribution in [-0.4, -0.2) is 18.1 Å². The van der Waals surface area contributed by atoms with E-state index in [2.05, 4.69) is 0 Å². The van der Waals surface area contributed by atoms with Crippen molar-refractivity contribution in [2.75, 3.05) is 18.0 Å². The van der Waals surface area contributed by atoms with Crippen LogP contribution in [0.4, 0.5) is 14.5 Å². The average molecular weight is 284 g/mol. The van der Waals surface area contributed by atoms with Crippen LogP contribution in [0.25, 0.3) is 0 Å². The molecule has 1 fully saturated rings. The lowest BCUT2D eigenvalue weighted by atomic mass is 10.1. The molecular formula is C14H18F2N2S. The summed E-state index contributed by atoms with van der Waals surface area (Å²) in [5.41, 5.74) is 5.65. The predicted octanol–water partition coefficient (Wildman–Crippen LogP) is 3.23. The maximum absolute atomic E-state index is 14.1. The number of thiocarbonyl (C=S) groups is 1. The van der Waals surface area contributed by atoms with Gasteiger partial charge in [0.2, 0.25) is 0 Å². The molecule has 104 valence electrons. The summed E-state index contributed by atoms with van der Waals surface area (Å²) in [6.45, 7) is 3.54. The van der Waals surface area contributed by atoms with Gasteiger partial charge in [0, 0.05) is 18.7 Å². The van der Waals surface area contributed by atoms with Crippen molar-refractivity contribution in [1.29, 1.82) is 0 Å². The summed E-state index contributed by atoms with van der Waals surface area (Å²) in [5, 5.41) is 0. The van der Waals surface area contributed by atoms with Crippen molar-refractivity contribution in [2.24, 2.45) is 11.7 Å². The Hall–Kier alpha value is -1.23. The molecule has 19 heavy (non-hydrogen) atoms. The van der Waals surface area contributed by atoms with Crippen molar-refractivity contribution in [3.05, 3.63) is 29.3 Å². The molecule has 2 N–H and O–H groups in total. The highest BCUT2D eigenvalue weighted by molar-refractivity contribution is 7.80. The summed E-state index contributed by atoms with van der Waals surface area (Å²) in [5.74, 6) is -1.18. The molecule has 0 aliphatic heterocycles. The normalized spacial score (nSPS) is 14.5. The Bertz CT molecular complexity index is 487. The first-order valence-electron chi connectivity index (χ1n) is 6.57. The Morgan fingerprint density at radius 1 is 1.37 bits per heavy atom. The smallest absolute Gasteiger partial charge is 0.182 e. The molecule has 5 heteroatoms. The zero-order valence-electron chi connectivity index (χ0n) is 11.0. The zero-order chi connectivity index (χ0) is 14.0. The summed E-state index contributed by atoms with van der Waals surface area (Å²) >= 11 is 4.71. The van der Waals surface area contributed by atoms with Crippen LogP contribution >= 0.6 is 12.2 Å². The Balaban J connectivity index is 2.30. The molecule has 0 radical (unpaired) electrons. The van der Waals surface area contributed by atoms with Crippen LogP contribution in [0, 0.1) is 17.6 Å². The third-order valence-electron chi connectivity index (χ3n) is 3.34. The molecule has 0 bridgehead atoms. The summed E-state index contributed by atoms with van der Waals surface area (Å²) < 4.78 is 28.0. The molecule has 0 saturated heterocycles. The van der Waals surface area contributed by atoms with Crippen molar-refractivity contribution in [2.45, 2.75) is 26.2 Å². The Morgan fingerprint density at radius 3 is 2.58 bits per heavy atom. The standard InChI is InChI=1S/C14H18F2N2S/c1-2-7-18(8-9-3-4-9)11-6-5-10(14(17)19)12(15)13(11)16/h5-6,9H,2-4,7-8H2,1H3,(H2,17,19). The van der Waals surface area contributed by atoms with Gasteiger partial charge in [-0.05, 0) is 37.3 Å². The molecule has 1 aromatic carbocycles. The molecule has 0 unspecified atom stereocenters. The number of hydrogen-bond donors (Lipinski definition) is 1. The second-order valence-corrected chi connectivity index (χ2v) is 5.45.